The normalized spacial score (nSPS) is 18.9. The van der Waals surface area contributed by atoms with E-state index in [0.717, 1.165) is 26.2 Å². The number of H-pyrrole nitrogens is 1. The fourth-order valence-corrected chi connectivity index (χ4v) is 2.80. The molecule has 2 heterocycles. The summed E-state index contributed by atoms with van der Waals surface area (Å²) in [5.41, 5.74) is 2.56. The molecule has 1 aromatic carbocycles. The summed E-state index contributed by atoms with van der Waals surface area (Å²) in [6.45, 7) is 8.32. The van der Waals surface area contributed by atoms with Crippen molar-refractivity contribution in [3.8, 4) is 0 Å². The first-order valence-electron chi connectivity index (χ1n) is 6.53. The molecule has 3 rings (SSSR count). The zero-order valence-electron chi connectivity index (χ0n) is 10.5. The van der Waals surface area contributed by atoms with Crippen molar-refractivity contribution < 1.29 is 0 Å². The van der Waals surface area contributed by atoms with Crippen molar-refractivity contribution in [2.24, 2.45) is 0 Å². The van der Waals surface area contributed by atoms with Crippen molar-refractivity contribution in [3.05, 3.63) is 48.7 Å². The summed E-state index contributed by atoms with van der Waals surface area (Å²) in [4.78, 5) is 5.77. The quantitative estimate of drug-likeness (QED) is 0.808. The number of piperazine rings is 1. The summed E-state index contributed by atoms with van der Waals surface area (Å²) in [5.74, 6) is 0. The molecular weight excluding hydrogens is 222 g/mol. The van der Waals surface area contributed by atoms with E-state index in [1.54, 1.807) is 0 Å². The average molecular weight is 241 g/mol. The Balaban J connectivity index is 1.99. The van der Waals surface area contributed by atoms with Gasteiger partial charge in [0.2, 0.25) is 0 Å². The summed E-state index contributed by atoms with van der Waals surface area (Å²) >= 11 is 0. The van der Waals surface area contributed by atoms with Crippen LogP contribution in [0.1, 0.15) is 11.6 Å². The van der Waals surface area contributed by atoms with Gasteiger partial charge in [-0.05, 0) is 17.7 Å². The van der Waals surface area contributed by atoms with Gasteiger partial charge < -0.3 is 10.3 Å². The number of hydrogen-bond donors (Lipinski definition) is 2. The van der Waals surface area contributed by atoms with E-state index < -0.39 is 0 Å². The van der Waals surface area contributed by atoms with Gasteiger partial charge in [0.15, 0.2) is 0 Å². The molecule has 0 bridgehead atoms. The largest absolute Gasteiger partial charge is 0.361 e. The van der Waals surface area contributed by atoms with Gasteiger partial charge in [-0.1, -0.05) is 18.2 Å². The number of rotatable bonds is 3. The molecule has 0 unspecified atom stereocenters. The van der Waals surface area contributed by atoms with Crippen LogP contribution in [0.4, 0.5) is 0 Å². The number of nitrogens with zero attached hydrogens (tertiary/aromatic N) is 1. The fraction of sp³-hybridized carbons (Fsp3) is 0.333. The van der Waals surface area contributed by atoms with Crippen LogP contribution in [0, 0.1) is 0 Å². The van der Waals surface area contributed by atoms with Gasteiger partial charge in [-0.2, -0.15) is 0 Å². The van der Waals surface area contributed by atoms with E-state index in [0.29, 0.717) is 6.04 Å². The maximum Gasteiger partial charge on any atom is 0.0536 e. The van der Waals surface area contributed by atoms with Crippen LogP contribution in [-0.2, 0) is 0 Å². The van der Waals surface area contributed by atoms with Gasteiger partial charge in [0.05, 0.1) is 6.04 Å². The van der Waals surface area contributed by atoms with Crippen molar-refractivity contribution >= 4 is 10.9 Å². The molecule has 0 radical (unpaired) electrons. The first kappa shape index (κ1) is 11.5. The Hall–Kier alpha value is -1.58. The second-order valence-electron chi connectivity index (χ2n) is 4.75. The van der Waals surface area contributed by atoms with Crippen LogP contribution < -0.4 is 5.32 Å². The summed E-state index contributed by atoms with van der Waals surface area (Å²) in [5, 5.41) is 4.70. The van der Waals surface area contributed by atoms with E-state index in [1.165, 1.54) is 16.5 Å². The van der Waals surface area contributed by atoms with Crippen LogP contribution in [0.3, 0.4) is 0 Å². The molecule has 0 aliphatic carbocycles. The van der Waals surface area contributed by atoms with Gasteiger partial charge in [-0.25, -0.2) is 0 Å². The Morgan fingerprint density at radius 3 is 2.83 bits per heavy atom. The summed E-state index contributed by atoms with van der Waals surface area (Å²) < 4.78 is 0. The second kappa shape index (κ2) is 4.96. The highest BCUT2D eigenvalue weighted by Crippen LogP contribution is 2.28. The summed E-state index contributed by atoms with van der Waals surface area (Å²) in [6, 6.07) is 8.92. The Kier molecular flexibility index (Phi) is 3.17. The van der Waals surface area contributed by atoms with Crippen molar-refractivity contribution in [2.45, 2.75) is 6.04 Å². The Labute approximate surface area is 107 Å². The smallest absolute Gasteiger partial charge is 0.0536 e. The minimum atomic E-state index is 0.312. The number of aromatic nitrogens is 1. The van der Waals surface area contributed by atoms with Gasteiger partial charge in [-0.15, -0.1) is 6.58 Å². The molecule has 1 aliphatic rings. The molecule has 18 heavy (non-hydrogen) atoms. The lowest BCUT2D eigenvalue weighted by Crippen LogP contribution is -2.44. The highest BCUT2D eigenvalue weighted by molar-refractivity contribution is 5.83. The molecular formula is C15H19N3. The zero-order chi connectivity index (χ0) is 12.4. The molecule has 0 spiro atoms. The van der Waals surface area contributed by atoms with E-state index in [9.17, 15) is 0 Å². The van der Waals surface area contributed by atoms with Gasteiger partial charge >= 0.3 is 0 Å². The lowest BCUT2D eigenvalue weighted by atomic mass is 10.0. The first-order chi connectivity index (χ1) is 8.90. The average Bonchev–Trinajstić information content (AvgIpc) is 2.90. The van der Waals surface area contributed by atoms with Gasteiger partial charge in [0.1, 0.15) is 0 Å². The van der Waals surface area contributed by atoms with E-state index in [2.05, 4.69) is 52.1 Å². The molecule has 2 aromatic rings. The predicted molar refractivity (Wildman–Crippen MR) is 75.7 cm³/mol. The Morgan fingerprint density at radius 1 is 1.22 bits per heavy atom. The topological polar surface area (TPSA) is 31.1 Å². The monoisotopic (exact) mass is 241 g/mol. The lowest BCUT2D eigenvalue weighted by molar-refractivity contribution is 0.204. The van der Waals surface area contributed by atoms with Gasteiger partial charge in [0, 0.05) is 43.3 Å². The molecule has 3 heteroatoms. The predicted octanol–water partition coefficient (Wildman–Crippen LogP) is 2.30. The summed E-state index contributed by atoms with van der Waals surface area (Å²) in [6.07, 6.45) is 4.07. The highest BCUT2D eigenvalue weighted by Gasteiger charge is 2.20. The van der Waals surface area contributed by atoms with Crippen LogP contribution in [0.15, 0.2) is 43.1 Å². The van der Waals surface area contributed by atoms with Crippen LogP contribution in [-0.4, -0.2) is 36.1 Å². The minimum absolute atomic E-state index is 0.312. The van der Waals surface area contributed by atoms with E-state index in [-0.39, 0.29) is 0 Å². The minimum Gasteiger partial charge on any atom is -0.361 e. The highest BCUT2D eigenvalue weighted by atomic mass is 15.2. The third kappa shape index (κ3) is 1.96. The molecule has 1 fully saturated rings. The SMILES string of the molecule is C=C[C@H](c1cccc2[nH]ccc12)N1CCNCC1. The number of hydrogen-bond acceptors (Lipinski definition) is 2. The van der Waals surface area contributed by atoms with Crippen molar-refractivity contribution in [1.82, 2.24) is 15.2 Å². The third-order valence-corrected chi connectivity index (χ3v) is 3.72. The van der Waals surface area contributed by atoms with E-state index in [1.807, 2.05) is 6.20 Å². The number of fused-ring (bicyclic) bond motifs is 1. The molecule has 1 aromatic heterocycles. The van der Waals surface area contributed by atoms with E-state index >= 15 is 0 Å². The van der Waals surface area contributed by atoms with E-state index in [4.69, 9.17) is 0 Å². The standard InChI is InChI=1S/C15H19N3/c1-2-15(18-10-8-16-9-11-18)13-4-3-5-14-12(13)6-7-17-14/h2-7,15-17H,1,8-11H2/t15-/m1/s1. The van der Waals surface area contributed by atoms with Crippen LogP contribution in [0.2, 0.25) is 0 Å². The molecule has 1 aliphatic heterocycles. The van der Waals surface area contributed by atoms with Gasteiger partial charge in [-0.3, -0.25) is 4.90 Å². The molecule has 0 amide bonds. The number of nitrogens with one attached hydrogen (secondary N) is 2. The van der Waals surface area contributed by atoms with Crippen molar-refractivity contribution in [3.63, 3.8) is 0 Å². The maximum absolute atomic E-state index is 4.03. The first-order valence-corrected chi connectivity index (χ1v) is 6.53. The van der Waals surface area contributed by atoms with Crippen LogP contribution in [0.5, 0.6) is 0 Å². The molecule has 2 N–H and O–H groups in total. The number of benzene rings is 1. The maximum atomic E-state index is 4.03. The molecule has 0 saturated carbocycles. The Morgan fingerprint density at radius 2 is 2.06 bits per heavy atom. The van der Waals surface area contributed by atoms with Crippen LogP contribution >= 0.6 is 0 Å². The third-order valence-electron chi connectivity index (χ3n) is 3.72. The molecule has 1 atom stereocenters. The summed E-state index contributed by atoms with van der Waals surface area (Å²) in [7, 11) is 0. The molecule has 1 saturated heterocycles. The van der Waals surface area contributed by atoms with Crippen LogP contribution in [0.25, 0.3) is 10.9 Å². The molecule has 94 valence electrons. The number of aromatic amines is 1. The second-order valence-corrected chi connectivity index (χ2v) is 4.75. The van der Waals surface area contributed by atoms with Crippen molar-refractivity contribution in [2.75, 3.05) is 26.2 Å². The lowest BCUT2D eigenvalue weighted by Gasteiger charge is -2.33. The van der Waals surface area contributed by atoms with Gasteiger partial charge in [0.25, 0.3) is 0 Å². The fourth-order valence-electron chi connectivity index (χ4n) is 2.80. The zero-order valence-corrected chi connectivity index (χ0v) is 10.5. The van der Waals surface area contributed by atoms with Crippen molar-refractivity contribution in [1.29, 1.82) is 0 Å². The molecule has 3 nitrogen and oxygen atoms in total. The Bertz CT molecular complexity index is 537.